The van der Waals surface area contributed by atoms with Gasteiger partial charge in [0.1, 0.15) is 0 Å². The molecule has 0 aromatic heterocycles. The predicted molar refractivity (Wildman–Crippen MR) is 81.9 cm³/mol. The van der Waals surface area contributed by atoms with E-state index < -0.39 is 10.0 Å². The predicted octanol–water partition coefficient (Wildman–Crippen LogP) is 3.43. The van der Waals surface area contributed by atoms with Gasteiger partial charge in [-0.2, -0.15) is 0 Å². The van der Waals surface area contributed by atoms with Crippen molar-refractivity contribution in [2.75, 3.05) is 6.54 Å². The molecular weight excluding hydrogens is 270 g/mol. The Bertz CT molecular complexity index is 503. The second kappa shape index (κ2) is 6.72. The van der Waals surface area contributed by atoms with Crippen LogP contribution in [0.15, 0.2) is 35.2 Å². The van der Waals surface area contributed by atoms with Crippen LogP contribution in [0.3, 0.4) is 0 Å². The Kier molecular flexibility index (Phi) is 5.22. The molecule has 0 spiro atoms. The van der Waals surface area contributed by atoms with Gasteiger partial charge in [-0.1, -0.05) is 32.0 Å². The summed E-state index contributed by atoms with van der Waals surface area (Å²) in [7, 11) is -3.34. The lowest BCUT2D eigenvalue weighted by Crippen LogP contribution is -2.32. The summed E-state index contributed by atoms with van der Waals surface area (Å²) in [5.41, 5.74) is 0. The molecule has 20 heavy (non-hydrogen) atoms. The van der Waals surface area contributed by atoms with Crippen molar-refractivity contribution < 1.29 is 8.42 Å². The summed E-state index contributed by atoms with van der Waals surface area (Å²) in [4.78, 5) is 0.357. The van der Waals surface area contributed by atoms with Crippen molar-refractivity contribution >= 4 is 10.0 Å². The van der Waals surface area contributed by atoms with Crippen molar-refractivity contribution in [3.8, 4) is 0 Å². The Morgan fingerprint density at radius 3 is 2.25 bits per heavy atom. The summed E-state index contributed by atoms with van der Waals surface area (Å²) in [6.07, 6.45) is 4.74. The van der Waals surface area contributed by atoms with E-state index in [-0.39, 0.29) is 0 Å². The quantitative estimate of drug-likeness (QED) is 0.904. The minimum atomic E-state index is -3.34. The van der Waals surface area contributed by atoms with Crippen LogP contribution in [-0.2, 0) is 10.0 Å². The SMILES string of the molecule is CC(C)C1CCC(CNS(=O)(=O)c2ccccc2)CC1. The van der Waals surface area contributed by atoms with E-state index in [0.717, 1.165) is 24.7 Å². The van der Waals surface area contributed by atoms with Crippen molar-refractivity contribution in [1.82, 2.24) is 4.72 Å². The number of hydrogen-bond acceptors (Lipinski definition) is 2. The molecule has 3 nitrogen and oxygen atoms in total. The first-order valence-electron chi connectivity index (χ1n) is 7.54. The highest BCUT2D eigenvalue weighted by atomic mass is 32.2. The molecule has 112 valence electrons. The minimum Gasteiger partial charge on any atom is -0.211 e. The van der Waals surface area contributed by atoms with Crippen LogP contribution in [0.2, 0.25) is 0 Å². The fourth-order valence-electron chi connectivity index (χ4n) is 2.97. The highest BCUT2D eigenvalue weighted by Gasteiger charge is 2.24. The second-order valence-electron chi connectivity index (χ2n) is 6.19. The largest absolute Gasteiger partial charge is 0.240 e. The summed E-state index contributed by atoms with van der Waals surface area (Å²) in [6, 6.07) is 8.60. The molecule has 1 aliphatic rings. The zero-order valence-corrected chi connectivity index (χ0v) is 13.2. The van der Waals surface area contributed by atoms with Gasteiger partial charge in [-0.05, 0) is 55.6 Å². The molecule has 0 radical (unpaired) electrons. The highest BCUT2D eigenvalue weighted by molar-refractivity contribution is 7.89. The fourth-order valence-corrected chi connectivity index (χ4v) is 4.11. The van der Waals surface area contributed by atoms with Gasteiger partial charge in [0, 0.05) is 6.54 Å². The van der Waals surface area contributed by atoms with Gasteiger partial charge in [0.05, 0.1) is 4.90 Å². The van der Waals surface area contributed by atoms with E-state index in [2.05, 4.69) is 18.6 Å². The zero-order chi connectivity index (χ0) is 14.6. The van der Waals surface area contributed by atoms with Crippen LogP contribution < -0.4 is 4.72 Å². The van der Waals surface area contributed by atoms with E-state index in [1.807, 2.05) is 6.07 Å². The molecule has 0 bridgehead atoms. The molecule has 1 aromatic rings. The molecule has 0 saturated heterocycles. The molecule has 1 aromatic carbocycles. The molecule has 0 unspecified atom stereocenters. The molecule has 4 heteroatoms. The number of sulfonamides is 1. The van der Waals surface area contributed by atoms with Crippen molar-refractivity contribution in [3.05, 3.63) is 30.3 Å². The Morgan fingerprint density at radius 2 is 1.70 bits per heavy atom. The van der Waals surface area contributed by atoms with Crippen LogP contribution >= 0.6 is 0 Å². The molecule has 0 atom stereocenters. The standard InChI is InChI=1S/C16H25NO2S/c1-13(2)15-10-8-14(9-11-15)12-17-20(18,19)16-6-4-3-5-7-16/h3-7,13-15,17H,8-12H2,1-2H3. The van der Waals surface area contributed by atoms with Crippen molar-refractivity contribution in [3.63, 3.8) is 0 Å². The van der Waals surface area contributed by atoms with Crippen molar-refractivity contribution in [1.29, 1.82) is 0 Å². The smallest absolute Gasteiger partial charge is 0.211 e. The molecule has 0 heterocycles. The summed E-state index contributed by atoms with van der Waals surface area (Å²) < 4.78 is 27.0. The number of rotatable bonds is 5. The van der Waals surface area contributed by atoms with Crippen LogP contribution in [0.5, 0.6) is 0 Å². The summed E-state index contributed by atoms with van der Waals surface area (Å²) in [5.74, 6) is 2.05. The average Bonchev–Trinajstić information content (AvgIpc) is 2.46. The van der Waals surface area contributed by atoms with Gasteiger partial charge in [-0.25, -0.2) is 13.1 Å². The molecule has 1 saturated carbocycles. The summed E-state index contributed by atoms with van der Waals surface area (Å²) >= 11 is 0. The fraction of sp³-hybridized carbons (Fsp3) is 0.625. The lowest BCUT2D eigenvalue weighted by atomic mass is 9.77. The van der Waals surface area contributed by atoms with Crippen LogP contribution in [-0.4, -0.2) is 15.0 Å². The van der Waals surface area contributed by atoms with E-state index in [1.54, 1.807) is 24.3 Å². The Labute approximate surface area is 122 Å². The lowest BCUT2D eigenvalue weighted by Gasteiger charge is -2.30. The van der Waals surface area contributed by atoms with E-state index in [0.29, 0.717) is 17.4 Å². The normalized spacial score (nSPS) is 23.9. The third-order valence-electron chi connectivity index (χ3n) is 4.45. The molecular formula is C16H25NO2S. The maximum absolute atomic E-state index is 12.1. The summed E-state index contributed by atoms with van der Waals surface area (Å²) in [5, 5.41) is 0. The first-order chi connectivity index (χ1) is 9.49. The summed E-state index contributed by atoms with van der Waals surface area (Å²) in [6.45, 7) is 5.13. The molecule has 1 N–H and O–H groups in total. The van der Waals surface area contributed by atoms with Crippen LogP contribution in [0.4, 0.5) is 0 Å². The number of hydrogen-bond donors (Lipinski definition) is 1. The van der Waals surface area contributed by atoms with E-state index in [4.69, 9.17) is 0 Å². The first kappa shape index (κ1) is 15.5. The van der Waals surface area contributed by atoms with Gasteiger partial charge in [0.2, 0.25) is 10.0 Å². The number of benzene rings is 1. The van der Waals surface area contributed by atoms with Crippen molar-refractivity contribution in [2.24, 2.45) is 17.8 Å². The Balaban J connectivity index is 1.85. The molecule has 1 fully saturated rings. The highest BCUT2D eigenvalue weighted by Crippen LogP contribution is 2.33. The third kappa shape index (κ3) is 4.06. The van der Waals surface area contributed by atoms with Gasteiger partial charge >= 0.3 is 0 Å². The monoisotopic (exact) mass is 295 g/mol. The Hall–Kier alpha value is -0.870. The Morgan fingerprint density at radius 1 is 1.10 bits per heavy atom. The van der Waals surface area contributed by atoms with Gasteiger partial charge in [-0.15, -0.1) is 0 Å². The van der Waals surface area contributed by atoms with Crippen molar-refractivity contribution in [2.45, 2.75) is 44.4 Å². The van der Waals surface area contributed by atoms with Gasteiger partial charge < -0.3 is 0 Å². The molecule has 0 amide bonds. The minimum absolute atomic E-state index is 0.357. The van der Waals surface area contributed by atoms with Gasteiger partial charge in [0.25, 0.3) is 0 Å². The van der Waals surface area contributed by atoms with E-state index >= 15 is 0 Å². The van der Waals surface area contributed by atoms with Crippen LogP contribution in [0.25, 0.3) is 0 Å². The third-order valence-corrected chi connectivity index (χ3v) is 5.89. The van der Waals surface area contributed by atoms with Crippen LogP contribution in [0.1, 0.15) is 39.5 Å². The maximum Gasteiger partial charge on any atom is 0.240 e. The number of nitrogens with one attached hydrogen (secondary N) is 1. The molecule has 0 aliphatic heterocycles. The molecule has 1 aliphatic carbocycles. The van der Waals surface area contributed by atoms with Crippen LogP contribution in [0, 0.1) is 17.8 Å². The van der Waals surface area contributed by atoms with E-state index in [9.17, 15) is 8.42 Å². The van der Waals surface area contributed by atoms with E-state index in [1.165, 1.54) is 12.8 Å². The lowest BCUT2D eigenvalue weighted by molar-refractivity contribution is 0.225. The van der Waals surface area contributed by atoms with Gasteiger partial charge in [-0.3, -0.25) is 0 Å². The maximum atomic E-state index is 12.1. The molecule has 2 rings (SSSR count). The zero-order valence-electron chi connectivity index (χ0n) is 12.4. The second-order valence-corrected chi connectivity index (χ2v) is 7.96. The first-order valence-corrected chi connectivity index (χ1v) is 9.02. The van der Waals surface area contributed by atoms with Gasteiger partial charge in [0.15, 0.2) is 0 Å². The topological polar surface area (TPSA) is 46.2 Å². The average molecular weight is 295 g/mol.